The standard InChI is InChI=1S/C10H7FOS/c11-8-3-1-7(2-4-8)9-5-6-13-10(9)12/h1-6,9H. The average Bonchev–Trinajstić information content (AvgIpc) is 2.53. The first-order valence-corrected chi connectivity index (χ1v) is 4.78. The highest BCUT2D eigenvalue weighted by Gasteiger charge is 2.21. The Morgan fingerprint density at radius 3 is 2.46 bits per heavy atom. The molecule has 13 heavy (non-hydrogen) atoms. The quantitative estimate of drug-likeness (QED) is 0.683. The third-order valence-electron chi connectivity index (χ3n) is 1.94. The summed E-state index contributed by atoms with van der Waals surface area (Å²) < 4.78 is 12.6. The molecule has 1 aliphatic rings. The summed E-state index contributed by atoms with van der Waals surface area (Å²) in [6.45, 7) is 0. The van der Waals surface area contributed by atoms with Crippen molar-refractivity contribution in [2.24, 2.45) is 0 Å². The Labute approximate surface area is 79.6 Å². The van der Waals surface area contributed by atoms with Crippen LogP contribution in [0.2, 0.25) is 0 Å². The molecule has 0 saturated carbocycles. The molecule has 1 aromatic rings. The summed E-state index contributed by atoms with van der Waals surface area (Å²) in [4.78, 5) is 11.3. The van der Waals surface area contributed by atoms with Gasteiger partial charge in [0, 0.05) is 0 Å². The van der Waals surface area contributed by atoms with Crippen molar-refractivity contribution in [2.45, 2.75) is 5.92 Å². The minimum Gasteiger partial charge on any atom is -0.286 e. The second-order valence-electron chi connectivity index (χ2n) is 2.79. The molecule has 0 spiro atoms. The minimum absolute atomic E-state index is 0.103. The molecular formula is C10H7FOS. The van der Waals surface area contributed by atoms with Crippen molar-refractivity contribution in [3.05, 3.63) is 47.1 Å². The molecule has 1 unspecified atom stereocenters. The van der Waals surface area contributed by atoms with Gasteiger partial charge in [-0.05, 0) is 23.1 Å². The van der Waals surface area contributed by atoms with Gasteiger partial charge in [-0.2, -0.15) is 0 Å². The van der Waals surface area contributed by atoms with Crippen LogP contribution in [0.4, 0.5) is 4.39 Å². The number of hydrogen-bond acceptors (Lipinski definition) is 2. The van der Waals surface area contributed by atoms with E-state index in [2.05, 4.69) is 0 Å². The molecule has 0 fully saturated rings. The maximum atomic E-state index is 12.6. The van der Waals surface area contributed by atoms with Crippen LogP contribution in [-0.4, -0.2) is 5.12 Å². The molecule has 66 valence electrons. The highest BCUT2D eigenvalue weighted by atomic mass is 32.2. The third-order valence-corrected chi connectivity index (χ3v) is 2.72. The maximum Gasteiger partial charge on any atom is 0.204 e. The first-order chi connectivity index (χ1) is 6.27. The molecule has 3 heteroatoms. The molecule has 1 aliphatic heterocycles. The third kappa shape index (κ3) is 1.65. The van der Waals surface area contributed by atoms with E-state index in [1.54, 1.807) is 17.5 Å². The van der Waals surface area contributed by atoms with E-state index in [1.165, 1.54) is 23.9 Å². The number of allylic oxidation sites excluding steroid dienone is 1. The van der Waals surface area contributed by atoms with Gasteiger partial charge < -0.3 is 0 Å². The largest absolute Gasteiger partial charge is 0.286 e. The van der Waals surface area contributed by atoms with Crippen molar-refractivity contribution >= 4 is 16.9 Å². The first-order valence-electron chi connectivity index (χ1n) is 3.90. The van der Waals surface area contributed by atoms with E-state index >= 15 is 0 Å². The summed E-state index contributed by atoms with van der Waals surface area (Å²) in [7, 11) is 0. The number of rotatable bonds is 1. The Bertz CT molecular complexity index is 356. The fourth-order valence-electron chi connectivity index (χ4n) is 1.25. The SMILES string of the molecule is O=C1SC=CC1c1ccc(F)cc1. The van der Waals surface area contributed by atoms with Crippen LogP contribution in [0.15, 0.2) is 35.7 Å². The summed E-state index contributed by atoms with van der Waals surface area (Å²) >= 11 is 1.19. The van der Waals surface area contributed by atoms with Crippen molar-refractivity contribution in [2.75, 3.05) is 0 Å². The van der Waals surface area contributed by atoms with Gasteiger partial charge in [0.1, 0.15) is 5.82 Å². The highest BCUT2D eigenvalue weighted by molar-refractivity contribution is 8.16. The zero-order chi connectivity index (χ0) is 9.26. The maximum absolute atomic E-state index is 12.6. The number of carbonyl (C=O) groups excluding carboxylic acids is 1. The second-order valence-corrected chi connectivity index (χ2v) is 3.70. The van der Waals surface area contributed by atoms with Gasteiger partial charge in [0.2, 0.25) is 5.12 Å². The van der Waals surface area contributed by atoms with E-state index in [9.17, 15) is 9.18 Å². The van der Waals surface area contributed by atoms with E-state index in [4.69, 9.17) is 0 Å². The lowest BCUT2D eigenvalue weighted by Crippen LogP contribution is -2.01. The van der Waals surface area contributed by atoms with Gasteiger partial charge in [-0.25, -0.2) is 4.39 Å². The van der Waals surface area contributed by atoms with Crippen molar-refractivity contribution in [3.8, 4) is 0 Å². The van der Waals surface area contributed by atoms with Crippen LogP contribution < -0.4 is 0 Å². The summed E-state index contributed by atoms with van der Waals surface area (Å²) in [5.74, 6) is -0.462. The Morgan fingerprint density at radius 1 is 1.23 bits per heavy atom. The number of thioether (sulfide) groups is 1. The summed E-state index contributed by atoms with van der Waals surface area (Å²) in [5, 5.41) is 1.88. The van der Waals surface area contributed by atoms with E-state index in [-0.39, 0.29) is 16.9 Å². The molecule has 0 bridgehead atoms. The Kier molecular flexibility index (Phi) is 2.19. The molecule has 0 aliphatic carbocycles. The van der Waals surface area contributed by atoms with Gasteiger partial charge >= 0.3 is 0 Å². The number of hydrogen-bond donors (Lipinski definition) is 0. The Morgan fingerprint density at radius 2 is 1.92 bits per heavy atom. The van der Waals surface area contributed by atoms with Crippen molar-refractivity contribution in [1.82, 2.24) is 0 Å². The van der Waals surface area contributed by atoms with Gasteiger partial charge in [-0.3, -0.25) is 4.79 Å². The van der Waals surface area contributed by atoms with E-state index in [0.29, 0.717) is 0 Å². The van der Waals surface area contributed by atoms with Crippen LogP contribution in [0.25, 0.3) is 0 Å². The van der Waals surface area contributed by atoms with Crippen LogP contribution in [0.5, 0.6) is 0 Å². The predicted octanol–water partition coefficient (Wildman–Crippen LogP) is 2.70. The van der Waals surface area contributed by atoms with Gasteiger partial charge in [-0.15, -0.1) is 0 Å². The number of carbonyl (C=O) groups is 1. The predicted molar refractivity (Wildman–Crippen MR) is 50.9 cm³/mol. The Balaban J connectivity index is 2.30. The molecule has 0 amide bonds. The zero-order valence-corrected chi connectivity index (χ0v) is 7.55. The van der Waals surface area contributed by atoms with E-state index in [0.717, 1.165) is 5.56 Å². The average molecular weight is 194 g/mol. The molecule has 0 N–H and O–H groups in total. The summed E-state index contributed by atoms with van der Waals surface area (Å²) in [6, 6.07) is 6.04. The lowest BCUT2D eigenvalue weighted by Gasteiger charge is -2.04. The van der Waals surface area contributed by atoms with E-state index < -0.39 is 0 Å². The second kappa shape index (κ2) is 3.34. The monoisotopic (exact) mass is 194 g/mol. The van der Waals surface area contributed by atoms with Gasteiger partial charge in [0.05, 0.1) is 5.92 Å². The van der Waals surface area contributed by atoms with Gasteiger partial charge in [0.15, 0.2) is 0 Å². The van der Waals surface area contributed by atoms with Crippen molar-refractivity contribution in [1.29, 1.82) is 0 Å². The van der Waals surface area contributed by atoms with Crippen molar-refractivity contribution < 1.29 is 9.18 Å². The zero-order valence-electron chi connectivity index (χ0n) is 6.74. The molecular weight excluding hydrogens is 187 g/mol. The smallest absolute Gasteiger partial charge is 0.204 e. The van der Waals surface area contributed by atoms with Gasteiger partial charge in [0.25, 0.3) is 0 Å². The molecule has 0 radical (unpaired) electrons. The normalized spacial score (nSPS) is 21.0. The molecule has 0 saturated heterocycles. The molecule has 0 aromatic heterocycles. The van der Waals surface area contributed by atoms with Crippen molar-refractivity contribution in [3.63, 3.8) is 0 Å². The highest BCUT2D eigenvalue weighted by Crippen LogP contribution is 2.31. The van der Waals surface area contributed by atoms with Gasteiger partial charge in [-0.1, -0.05) is 30.0 Å². The lowest BCUT2D eigenvalue weighted by atomic mass is 10.0. The molecule has 1 aromatic carbocycles. The number of halogens is 1. The van der Waals surface area contributed by atoms with E-state index in [1.807, 2.05) is 6.08 Å². The molecule has 1 nitrogen and oxygen atoms in total. The summed E-state index contributed by atoms with van der Waals surface area (Å²) in [6.07, 6.45) is 1.83. The first kappa shape index (κ1) is 8.51. The molecule has 1 atom stereocenters. The van der Waals surface area contributed by atoms with Crippen LogP contribution >= 0.6 is 11.8 Å². The molecule has 1 heterocycles. The van der Waals surface area contributed by atoms with Crippen LogP contribution in [0, 0.1) is 5.82 Å². The minimum atomic E-state index is -0.272. The van der Waals surface area contributed by atoms with Crippen LogP contribution in [0.1, 0.15) is 11.5 Å². The van der Waals surface area contributed by atoms with Crippen LogP contribution in [-0.2, 0) is 4.79 Å². The lowest BCUT2D eigenvalue weighted by molar-refractivity contribution is -0.111. The summed E-state index contributed by atoms with van der Waals surface area (Å²) in [5.41, 5.74) is 0.854. The number of benzene rings is 1. The fraction of sp³-hybridized carbons (Fsp3) is 0.100. The topological polar surface area (TPSA) is 17.1 Å². The Hall–Kier alpha value is -1.09. The fourth-order valence-corrected chi connectivity index (χ4v) is 1.99. The molecule has 2 rings (SSSR count). The van der Waals surface area contributed by atoms with Crippen LogP contribution in [0.3, 0.4) is 0 Å².